The minimum Gasteiger partial charge on any atom is -0.396 e. The second-order valence-electron chi connectivity index (χ2n) is 4.31. The van der Waals surface area contributed by atoms with Crippen LogP contribution in [-0.4, -0.2) is 39.5 Å². The first-order chi connectivity index (χ1) is 7.93. The summed E-state index contributed by atoms with van der Waals surface area (Å²) in [5, 5.41) is 8.99. The summed E-state index contributed by atoms with van der Waals surface area (Å²) >= 11 is 3.39. The summed E-state index contributed by atoms with van der Waals surface area (Å²) in [5.74, 6) is 0.245. The van der Waals surface area contributed by atoms with Crippen LogP contribution in [0.15, 0.2) is 27.6 Å². The van der Waals surface area contributed by atoms with E-state index in [9.17, 15) is 8.42 Å². The summed E-state index contributed by atoms with van der Waals surface area (Å²) in [4.78, 5) is 2.31. The minimum atomic E-state index is -3.24. The molecule has 0 spiro atoms. The van der Waals surface area contributed by atoms with Crippen molar-refractivity contribution < 1.29 is 13.5 Å². The van der Waals surface area contributed by atoms with E-state index in [1.807, 2.05) is 11.0 Å². The van der Waals surface area contributed by atoms with E-state index in [0.29, 0.717) is 23.7 Å². The highest BCUT2D eigenvalue weighted by atomic mass is 79.9. The van der Waals surface area contributed by atoms with Gasteiger partial charge in [-0.3, -0.25) is 0 Å². The first-order valence-corrected chi connectivity index (χ1v) is 7.96. The molecule has 1 aromatic rings. The number of aliphatic hydroxyl groups excluding tert-OH is 1. The molecule has 1 saturated heterocycles. The van der Waals surface area contributed by atoms with Crippen molar-refractivity contribution in [2.24, 2.45) is 5.92 Å². The molecule has 6 heteroatoms. The Morgan fingerprint density at radius 2 is 2.12 bits per heavy atom. The fourth-order valence-corrected chi connectivity index (χ4v) is 3.63. The Morgan fingerprint density at radius 1 is 1.47 bits per heavy atom. The zero-order valence-corrected chi connectivity index (χ0v) is 11.8. The zero-order chi connectivity index (χ0) is 12.6. The van der Waals surface area contributed by atoms with E-state index in [4.69, 9.17) is 5.11 Å². The highest BCUT2D eigenvalue weighted by Gasteiger charge is 2.30. The normalized spacial score (nSPS) is 17.0. The third kappa shape index (κ3) is 2.48. The summed E-state index contributed by atoms with van der Waals surface area (Å²) in [6, 6.07) is 5.16. The van der Waals surface area contributed by atoms with E-state index in [2.05, 4.69) is 15.9 Å². The second kappa shape index (κ2) is 4.59. The van der Waals surface area contributed by atoms with Crippen molar-refractivity contribution in [3.05, 3.63) is 22.7 Å². The van der Waals surface area contributed by atoms with Crippen LogP contribution in [0, 0.1) is 5.92 Å². The predicted octanol–water partition coefficient (Wildman–Crippen LogP) is 1.28. The minimum absolute atomic E-state index is 0.148. The van der Waals surface area contributed by atoms with E-state index < -0.39 is 9.84 Å². The van der Waals surface area contributed by atoms with Crippen LogP contribution in [0.5, 0.6) is 0 Å². The highest BCUT2D eigenvalue weighted by Crippen LogP contribution is 2.36. The number of hydrogen-bond donors (Lipinski definition) is 1. The lowest BCUT2D eigenvalue weighted by molar-refractivity contribution is 0.200. The maximum absolute atomic E-state index is 11.7. The molecule has 1 fully saturated rings. The van der Waals surface area contributed by atoms with Crippen molar-refractivity contribution in [2.75, 3.05) is 30.9 Å². The van der Waals surface area contributed by atoms with Gasteiger partial charge in [0.05, 0.1) is 10.6 Å². The summed E-state index contributed by atoms with van der Waals surface area (Å²) in [7, 11) is -3.24. The summed E-state index contributed by atoms with van der Waals surface area (Å²) in [6.07, 6.45) is 1.21. The van der Waals surface area contributed by atoms with Crippen LogP contribution < -0.4 is 4.90 Å². The van der Waals surface area contributed by atoms with Gasteiger partial charge in [0.1, 0.15) is 0 Å². The van der Waals surface area contributed by atoms with Gasteiger partial charge in [-0.05, 0) is 28.1 Å². The monoisotopic (exact) mass is 319 g/mol. The molecular formula is C11H14BrNO3S. The molecule has 1 aliphatic heterocycles. The highest BCUT2D eigenvalue weighted by molar-refractivity contribution is 9.10. The molecule has 0 saturated carbocycles. The van der Waals surface area contributed by atoms with Crippen molar-refractivity contribution >= 4 is 31.5 Å². The molecular weight excluding hydrogens is 306 g/mol. The standard InChI is InChI=1S/C11H14BrNO3S/c1-17(15,16)10-4-2-3-9(12)11(10)13-5-8(6-13)7-14/h2-4,8,14H,5-7H2,1H3. The topological polar surface area (TPSA) is 57.6 Å². The lowest BCUT2D eigenvalue weighted by atomic mass is 10.0. The van der Waals surface area contributed by atoms with Crippen LogP contribution in [0.2, 0.25) is 0 Å². The molecule has 1 heterocycles. The summed E-state index contributed by atoms with van der Waals surface area (Å²) < 4.78 is 24.2. The van der Waals surface area contributed by atoms with Gasteiger partial charge in [-0.2, -0.15) is 0 Å². The molecule has 0 atom stereocenters. The fraction of sp³-hybridized carbons (Fsp3) is 0.455. The Morgan fingerprint density at radius 3 is 2.65 bits per heavy atom. The summed E-state index contributed by atoms with van der Waals surface area (Å²) in [5.41, 5.74) is 0.708. The molecule has 0 unspecified atom stereocenters. The zero-order valence-electron chi connectivity index (χ0n) is 9.43. The van der Waals surface area contributed by atoms with Crippen molar-refractivity contribution in [1.82, 2.24) is 0 Å². The molecule has 1 aliphatic rings. The summed E-state index contributed by atoms with van der Waals surface area (Å²) in [6.45, 7) is 1.54. The molecule has 0 radical (unpaired) electrons. The van der Waals surface area contributed by atoms with Crippen LogP contribution in [0.4, 0.5) is 5.69 Å². The van der Waals surface area contributed by atoms with Gasteiger partial charge < -0.3 is 10.0 Å². The number of aliphatic hydroxyl groups is 1. The quantitative estimate of drug-likeness (QED) is 0.912. The third-order valence-corrected chi connectivity index (χ3v) is 4.65. The van der Waals surface area contributed by atoms with Crippen LogP contribution in [0.3, 0.4) is 0 Å². The molecule has 0 aliphatic carbocycles. The van der Waals surface area contributed by atoms with Gasteiger partial charge in [-0.25, -0.2) is 8.42 Å². The molecule has 2 rings (SSSR count). The van der Waals surface area contributed by atoms with E-state index in [-0.39, 0.29) is 12.5 Å². The van der Waals surface area contributed by atoms with E-state index in [1.165, 1.54) is 6.26 Å². The average Bonchev–Trinajstić information content (AvgIpc) is 2.17. The van der Waals surface area contributed by atoms with E-state index in [0.717, 1.165) is 4.47 Å². The lowest BCUT2D eigenvalue weighted by Crippen LogP contribution is -2.49. The lowest BCUT2D eigenvalue weighted by Gasteiger charge is -2.41. The number of halogens is 1. The largest absolute Gasteiger partial charge is 0.396 e. The molecule has 0 bridgehead atoms. The van der Waals surface area contributed by atoms with Crippen LogP contribution in [-0.2, 0) is 9.84 Å². The Labute approximate surface area is 109 Å². The van der Waals surface area contributed by atoms with Gasteiger partial charge in [0.2, 0.25) is 0 Å². The van der Waals surface area contributed by atoms with Crippen LogP contribution >= 0.6 is 15.9 Å². The number of nitrogens with zero attached hydrogens (tertiary/aromatic N) is 1. The third-order valence-electron chi connectivity index (χ3n) is 2.88. The first kappa shape index (κ1) is 12.9. The van der Waals surface area contributed by atoms with E-state index in [1.54, 1.807) is 12.1 Å². The van der Waals surface area contributed by atoms with Gasteiger partial charge in [0.25, 0.3) is 0 Å². The number of sulfone groups is 1. The molecule has 17 heavy (non-hydrogen) atoms. The maximum atomic E-state index is 11.7. The SMILES string of the molecule is CS(=O)(=O)c1cccc(Br)c1N1CC(CO)C1. The van der Waals surface area contributed by atoms with Gasteiger partial charge in [0.15, 0.2) is 9.84 Å². The molecule has 1 N–H and O–H groups in total. The first-order valence-electron chi connectivity index (χ1n) is 5.28. The number of benzene rings is 1. The van der Waals surface area contributed by atoms with E-state index >= 15 is 0 Å². The van der Waals surface area contributed by atoms with Crippen LogP contribution in [0.25, 0.3) is 0 Å². The molecule has 0 amide bonds. The Bertz CT molecular complexity index is 524. The molecule has 1 aromatic carbocycles. The average molecular weight is 320 g/mol. The van der Waals surface area contributed by atoms with Crippen molar-refractivity contribution in [3.8, 4) is 0 Å². The number of para-hydroxylation sites is 1. The predicted molar refractivity (Wildman–Crippen MR) is 70.0 cm³/mol. The number of hydrogen-bond acceptors (Lipinski definition) is 4. The smallest absolute Gasteiger partial charge is 0.177 e. The number of rotatable bonds is 3. The van der Waals surface area contributed by atoms with Gasteiger partial charge >= 0.3 is 0 Å². The second-order valence-corrected chi connectivity index (χ2v) is 7.15. The fourth-order valence-electron chi connectivity index (χ4n) is 1.97. The van der Waals surface area contributed by atoms with Gasteiger partial charge in [-0.15, -0.1) is 0 Å². The van der Waals surface area contributed by atoms with Crippen LogP contribution in [0.1, 0.15) is 0 Å². The van der Waals surface area contributed by atoms with Crippen molar-refractivity contribution in [3.63, 3.8) is 0 Å². The van der Waals surface area contributed by atoms with Crippen molar-refractivity contribution in [1.29, 1.82) is 0 Å². The van der Waals surface area contributed by atoms with Gasteiger partial charge in [0, 0.05) is 36.3 Å². The van der Waals surface area contributed by atoms with Crippen molar-refractivity contribution in [2.45, 2.75) is 4.90 Å². The Balaban J connectivity index is 2.40. The Kier molecular flexibility index (Phi) is 3.47. The molecule has 0 aromatic heterocycles. The number of anilines is 1. The maximum Gasteiger partial charge on any atom is 0.177 e. The molecule has 4 nitrogen and oxygen atoms in total. The Hall–Kier alpha value is -0.590. The molecule has 94 valence electrons. The van der Waals surface area contributed by atoms with Gasteiger partial charge in [-0.1, -0.05) is 6.07 Å².